The third kappa shape index (κ3) is 4.16. The van der Waals surface area contributed by atoms with Crippen LogP contribution in [-0.2, 0) is 9.47 Å². The van der Waals surface area contributed by atoms with Gasteiger partial charge in [-0.15, -0.1) is 0 Å². The SMILES string of the molecule is CC(C)(O)COc1ccc(-c2nc3cc(O[C@@H]4CO[C@H]5[C@@H]4OC[C@H]5O)[nH]c3cc2F)cc1. The van der Waals surface area contributed by atoms with E-state index in [0.29, 0.717) is 34.8 Å². The number of pyridine rings is 1. The molecule has 2 aromatic heterocycles. The Hall–Kier alpha value is -2.72. The van der Waals surface area contributed by atoms with Crippen LogP contribution in [0.2, 0.25) is 0 Å². The average Bonchev–Trinajstić information content (AvgIpc) is 3.43. The standard InChI is InChI=1S/C23H25FN2O6/c1-23(2,28)11-31-13-5-3-12(4-6-13)20-14(24)7-15-16(26-20)8-19(25-15)32-18-10-30-21-17(27)9-29-22(18)21/h3-8,17-18,21-22,25,27-28H,9-11H2,1-2H3/t17-,18-,21-,22-/m1/s1. The largest absolute Gasteiger partial charge is 0.491 e. The van der Waals surface area contributed by atoms with Crippen molar-refractivity contribution in [3.63, 3.8) is 0 Å². The molecule has 4 heterocycles. The highest BCUT2D eigenvalue weighted by Crippen LogP contribution is 2.32. The number of aromatic nitrogens is 2. The van der Waals surface area contributed by atoms with Crippen LogP contribution in [0, 0.1) is 5.82 Å². The molecule has 2 aliphatic heterocycles. The molecule has 9 heteroatoms. The number of benzene rings is 1. The molecule has 0 saturated carbocycles. The van der Waals surface area contributed by atoms with Gasteiger partial charge in [-0.1, -0.05) is 0 Å². The molecule has 3 aromatic rings. The lowest BCUT2D eigenvalue weighted by Gasteiger charge is -2.17. The maximum atomic E-state index is 14.8. The molecular formula is C23H25FN2O6. The van der Waals surface area contributed by atoms with E-state index in [2.05, 4.69) is 9.97 Å². The molecule has 4 atom stereocenters. The summed E-state index contributed by atoms with van der Waals surface area (Å²) >= 11 is 0. The Morgan fingerprint density at radius 2 is 1.91 bits per heavy atom. The number of H-pyrrole nitrogens is 1. The molecule has 0 bridgehead atoms. The van der Waals surface area contributed by atoms with Gasteiger partial charge >= 0.3 is 0 Å². The van der Waals surface area contributed by atoms with Crippen LogP contribution in [-0.4, -0.2) is 70.0 Å². The van der Waals surface area contributed by atoms with Crippen LogP contribution in [0.5, 0.6) is 11.6 Å². The van der Waals surface area contributed by atoms with Crippen molar-refractivity contribution in [2.45, 2.75) is 43.9 Å². The first-order chi connectivity index (χ1) is 15.3. The molecule has 8 nitrogen and oxygen atoms in total. The molecular weight excluding hydrogens is 419 g/mol. The number of fused-ring (bicyclic) bond motifs is 2. The predicted molar refractivity (Wildman–Crippen MR) is 113 cm³/mol. The number of hydrogen-bond donors (Lipinski definition) is 3. The first-order valence-electron chi connectivity index (χ1n) is 10.5. The van der Waals surface area contributed by atoms with Crippen molar-refractivity contribution in [1.29, 1.82) is 0 Å². The monoisotopic (exact) mass is 444 g/mol. The normalized spacial score (nSPS) is 25.3. The minimum atomic E-state index is -0.944. The van der Waals surface area contributed by atoms with Gasteiger partial charge in [-0.05, 0) is 38.1 Å². The fourth-order valence-electron chi connectivity index (χ4n) is 3.95. The van der Waals surface area contributed by atoms with Crippen LogP contribution in [0.3, 0.4) is 0 Å². The molecule has 0 radical (unpaired) electrons. The first-order valence-corrected chi connectivity index (χ1v) is 10.5. The molecule has 1 aromatic carbocycles. The summed E-state index contributed by atoms with van der Waals surface area (Å²) in [6, 6.07) is 9.96. The van der Waals surface area contributed by atoms with Gasteiger partial charge in [0.2, 0.25) is 0 Å². The fourth-order valence-corrected chi connectivity index (χ4v) is 3.95. The second-order valence-electron chi connectivity index (χ2n) is 8.83. The zero-order valence-corrected chi connectivity index (χ0v) is 17.7. The third-order valence-corrected chi connectivity index (χ3v) is 5.51. The van der Waals surface area contributed by atoms with Gasteiger partial charge in [0.1, 0.15) is 36.4 Å². The summed E-state index contributed by atoms with van der Waals surface area (Å²) in [5, 5.41) is 19.6. The van der Waals surface area contributed by atoms with E-state index in [4.69, 9.17) is 18.9 Å². The van der Waals surface area contributed by atoms with Crippen molar-refractivity contribution < 1.29 is 33.6 Å². The minimum Gasteiger partial charge on any atom is -0.491 e. The van der Waals surface area contributed by atoms with E-state index in [9.17, 15) is 14.6 Å². The Kier molecular flexibility index (Phi) is 5.29. The summed E-state index contributed by atoms with van der Waals surface area (Å²) in [7, 11) is 0. The highest BCUT2D eigenvalue weighted by Gasteiger charge is 2.48. The van der Waals surface area contributed by atoms with Gasteiger partial charge in [0, 0.05) is 17.7 Å². The Labute approximate surface area is 183 Å². The Morgan fingerprint density at radius 1 is 1.16 bits per heavy atom. The molecule has 32 heavy (non-hydrogen) atoms. The molecule has 5 rings (SSSR count). The number of nitrogens with one attached hydrogen (secondary N) is 1. The van der Waals surface area contributed by atoms with Crippen molar-refractivity contribution in [1.82, 2.24) is 9.97 Å². The molecule has 170 valence electrons. The Morgan fingerprint density at radius 3 is 2.66 bits per heavy atom. The molecule has 0 spiro atoms. The molecule has 0 unspecified atom stereocenters. The van der Waals surface area contributed by atoms with Gasteiger partial charge in [-0.2, -0.15) is 0 Å². The molecule has 2 saturated heterocycles. The van der Waals surface area contributed by atoms with Crippen molar-refractivity contribution in [2.24, 2.45) is 0 Å². The van der Waals surface area contributed by atoms with E-state index in [0.717, 1.165) is 0 Å². The van der Waals surface area contributed by atoms with Crippen LogP contribution in [0.4, 0.5) is 4.39 Å². The summed E-state index contributed by atoms with van der Waals surface area (Å²) in [5.41, 5.74) is 0.934. The highest BCUT2D eigenvalue weighted by atomic mass is 19.1. The van der Waals surface area contributed by atoms with Crippen molar-refractivity contribution in [3.8, 4) is 22.9 Å². The van der Waals surface area contributed by atoms with Gasteiger partial charge < -0.3 is 34.1 Å². The number of aliphatic hydroxyl groups is 2. The lowest BCUT2D eigenvalue weighted by atomic mass is 10.1. The number of rotatable bonds is 6. The minimum absolute atomic E-state index is 0.148. The van der Waals surface area contributed by atoms with Crippen LogP contribution in [0.25, 0.3) is 22.3 Å². The number of nitrogens with zero attached hydrogens (tertiary/aromatic N) is 1. The highest BCUT2D eigenvalue weighted by molar-refractivity contribution is 5.81. The third-order valence-electron chi connectivity index (χ3n) is 5.51. The van der Waals surface area contributed by atoms with Crippen LogP contribution in [0.15, 0.2) is 36.4 Å². The number of ether oxygens (including phenoxy) is 4. The van der Waals surface area contributed by atoms with Crippen molar-refractivity contribution in [3.05, 3.63) is 42.2 Å². The second kappa shape index (κ2) is 8.00. The van der Waals surface area contributed by atoms with E-state index in [1.54, 1.807) is 44.2 Å². The topological polar surface area (TPSA) is 106 Å². The molecule has 3 N–H and O–H groups in total. The Balaban J connectivity index is 1.34. The summed E-state index contributed by atoms with van der Waals surface area (Å²) in [6.45, 7) is 3.99. The number of hydrogen-bond acceptors (Lipinski definition) is 7. The van der Waals surface area contributed by atoms with E-state index in [1.807, 2.05) is 0 Å². The van der Waals surface area contributed by atoms with E-state index >= 15 is 0 Å². The average molecular weight is 444 g/mol. The lowest BCUT2D eigenvalue weighted by molar-refractivity contribution is 0.00794. The van der Waals surface area contributed by atoms with Crippen LogP contribution >= 0.6 is 0 Å². The molecule has 2 aliphatic rings. The summed E-state index contributed by atoms with van der Waals surface area (Å²) < 4.78 is 37.4. The molecule has 2 fully saturated rings. The second-order valence-corrected chi connectivity index (χ2v) is 8.83. The lowest BCUT2D eigenvalue weighted by Crippen LogP contribution is -2.34. The molecule has 0 amide bonds. The van der Waals surface area contributed by atoms with Crippen LogP contribution < -0.4 is 9.47 Å². The summed E-state index contributed by atoms with van der Waals surface area (Å²) in [6.07, 6.45) is -1.75. The van der Waals surface area contributed by atoms with E-state index in [-0.39, 0.29) is 37.2 Å². The van der Waals surface area contributed by atoms with Gasteiger partial charge in [0.15, 0.2) is 17.8 Å². The smallest absolute Gasteiger partial charge is 0.193 e. The number of aromatic amines is 1. The maximum absolute atomic E-state index is 14.8. The molecule has 0 aliphatic carbocycles. The van der Waals surface area contributed by atoms with Gasteiger partial charge in [-0.3, -0.25) is 0 Å². The first kappa shape index (κ1) is 21.1. The Bertz CT molecular complexity index is 1110. The van der Waals surface area contributed by atoms with Crippen molar-refractivity contribution >= 4 is 11.0 Å². The van der Waals surface area contributed by atoms with E-state index < -0.39 is 17.5 Å². The number of halogens is 1. The van der Waals surface area contributed by atoms with Gasteiger partial charge in [-0.25, -0.2) is 9.37 Å². The fraction of sp³-hybridized carbons (Fsp3) is 0.435. The van der Waals surface area contributed by atoms with Crippen molar-refractivity contribution in [2.75, 3.05) is 19.8 Å². The predicted octanol–water partition coefficient (Wildman–Crippen LogP) is 2.42. The zero-order valence-electron chi connectivity index (χ0n) is 17.7. The quantitative estimate of drug-likeness (QED) is 0.536. The number of aliphatic hydroxyl groups excluding tert-OH is 1. The maximum Gasteiger partial charge on any atom is 0.193 e. The van der Waals surface area contributed by atoms with Gasteiger partial charge in [0.05, 0.1) is 29.8 Å². The summed E-state index contributed by atoms with van der Waals surface area (Å²) in [4.78, 5) is 7.50. The van der Waals surface area contributed by atoms with Gasteiger partial charge in [0.25, 0.3) is 0 Å². The van der Waals surface area contributed by atoms with E-state index in [1.165, 1.54) is 6.07 Å². The zero-order chi connectivity index (χ0) is 22.5. The van der Waals surface area contributed by atoms with Crippen LogP contribution in [0.1, 0.15) is 13.8 Å². The summed E-state index contributed by atoms with van der Waals surface area (Å²) in [5.74, 6) is 0.534.